The number of hydrogen-bond donors (Lipinski definition) is 7. The van der Waals surface area contributed by atoms with Crippen molar-refractivity contribution in [2.75, 3.05) is 6.54 Å². The number of aromatic amines is 1. The van der Waals surface area contributed by atoms with Gasteiger partial charge in [0.05, 0.1) is 18.9 Å². The number of aromatic hydroxyl groups is 1. The van der Waals surface area contributed by atoms with Crippen LogP contribution in [0.4, 0.5) is 0 Å². The van der Waals surface area contributed by atoms with Gasteiger partial charge in [0.1, 0.15) is 17.8 Å². The Bertz CT molecular complexity index is 994. The molecule has 190 valence electrons. The summed E-state index contributed by atoms with van der Waals surface area (Å²) in [6.45, 7) is 3.08. The molecule has 0 aliphatic heterocycles. The Balaban J connectivity index is 2.03. The second-order valence-electron chi connectivity index (χ2n) is 8.31. The van der Waals surface area contributed by atoms with Crippen LogP contribution in [-0.4, -0.2) is 68.5 Å². The summed E-state index contributed by atoms with van der Waals surface area (Å²) in [6, 6.07) is 2.88. The third-order valence-electron chi connectivity index (χ3n) is 5.56. The molecule has 2 rings (SSSR count). The number of aromatic nitrogens is 2. The van der Waals surface area contributed by atoms with Crippen LogP contribution in [0.15, 0.2) is 36.8 Å². The van der Waals surface area contributed by atoms with Crippen molar-refractivity contribution in [2.24, 2.45) is 11.7 Å². The summed E-state index contributed by atoms with van der Waals surface area (Å²) in [5, 5.41) is 26.5. The smallest absolute Gasteiger partial charge is 0.326 e. The second kappa shape index (κ2) is 13.1. The minimum atomic E-state index is -1.18. The third-order valence-corrected chi connectivity index (χ3v) is 5.56. The minimum Gasteiger partial charge on any atom is -0.508 e. The van der Waals surface area contributed by atoms with Crippen molar-refractivity contribution < 1.29 is 29.4 Å². The van der Waals surface area contributed by atoms with Gasteiger partial charge < -0.3 is 36.9 Å². The number of amides is 3. The number of rotatable bonds is 13. The normalized spacial score (nSPS) is 14.3. The van der Waals surface area contributed by atoms with E-state index in [1.165, 1.54) is 24.7 Å². The van der Waals surface area contributed by atoms with Gasteiger partial charge in [0.25, 0.3) is 0 Å². The predicted octanol–water partition coefficient (Wildman–Crippen LogP) is -0.556. The van der Waals surface area contributed by atoms with Crippen molar-refractivity contribution >= 4 is 23.7 Å². The van der Waals surface area contributed by atoms with E-state index in [0.29, 0.717) is 17.7 Å². The number of nitrogens with zero attached hydrogens (tertiary/aromatic N) is 1. The van der Waals surface area contributed by atoms with Gasteiger partial charge >= 0.3 is 5.97 Å². The lowest BCUT2D eigenvalue weighted by Crippen LogP contribution is -2.55. The topological polar surface area (TPSA) is 200 Å². The molecule has 1 aromatic carbocycles. The van der Waals surface area contributed by atoms with E-state index < -0.39 is 48.4 Å². The average molecular weight is 489 g/mol. The van der Waals surface area contributed by atoms with Crippen molar-refractivity contribution in [3.63, 3.8) is 0 Å². The van der Waals surface area contributed by atoms with Crippen LogP contribution < -0.4 is 21.7 Å². The van der Waals surface area contributed by atoms with Crippen molar-refractivity contribution in [1.29, 1.82) is 0 Å². The third kappa shape index (κ3) is 8.74. The summed E-state index contributed by atoms with van der Waals surface area (Å²) >= 11 is 0. The molecule has 1 aromatic heterocycles. The quantitative estimate of drug-likeness (QED) is 0.194. The maximum absolute atomic E-state index is 13.0. The first kappa shape index (κ1) is 27.3. The van der Waals surface area contributed by atoms with E-state index in [1.807, 2.05) is 6.92 Å². The Morgan fingerprint density at radius 3 is 2.34 bits per heavy atom. The number of phenols is 1. The van der Waals surface area contributed by atoms with E-state index in [0.717, 1.165) is 0 Å². The molecular weight excluding hydrogens is 456 g/mol. The number of nitrogens with two attached hydrogens (primary N) is 1. The molecule has 4 atom stereocenters. The van der Waals surface area contributed by atoms with Crippen molar-refractivity contribution in [3.8, 4) is 5.75 Å². The average Bonchev–Trinajstić information content (AvgIpc) is 3.34. The number of aliphatic carboxylic acids is 1. The molecule has 0 aliphatic rings. The number of H-pyrrole nitrogens is 1. The number of hydrogen-bond acceptors (Lipinski definition) is 7. The van der Waals surface area contributed by atoms with E-state index in [1.54, 1.807) is 19.1 Å². The van der Waals surface area contributed by atoms with E-state index in [4.69, 9.17) is 5.73 Å². The molecule has 0 saturated heterocycles. The van der Waals surface area contributed by atoms with E-state index in [2.05, 4.69) is 25.9 Å². The number of carbonyl (C=O) groups excluding carboxylic acids is 3. The van der Waals surface area contributed by atoms with E-state index in [9.17, 15) is 29.4 Å². The van der Waals surface area contributed by atoms with Gasteiger partial charge in [-0.1, -0.05) is 32.4 Å². The fraction of sp³-hybridized carbons (Fsp3) is 0.435. The maximum Gasteiger partial charge on any atom is 0.326 e. The van der Waals surface area contributed by atoms with E-state index >= 15 is 0 Å². The first-order chi connectivity index (χ1) is 16.6. The summed E-state index contributed by atoms with van der Waals surface area (Å²) in [5.41, 5.74) is 7.14. The highest BCUT2D eigenvalue weighted by Gasteiger charge is 2.30. The van der Waals surface area contributed by atoms with Crippen LogP contribution in [0, 0.1) is 5.92 Å². The lowest BCUT2D eigenvalue weighted by molar-refractivity contribution is -0.143. The zero-order valence-corrected chi connectivity index (χ0v) is 19.7. The van der Waals surface area contributed by atoms with Gasteiger partial charge in [0.15, 0.2) is 0 Å². The number of imidazole rings is 1. The standard InChI is InChI=1S/C23H32N6O6/c1-3-13(2)20(23(34)35)29-22(33)18(8-14-4-6-16(30)7-5-14)28-19(31)11-26-21(32)17(24)9-15-10-25-12-27-15/h4-7,10,12-13,17-18,20,30H,3,8-9,11,24H2,1-2H3,(H,25,27)(H,26,32)(H,28,31)(H,29,33)(H,34,35). The van der Waals surface area contributed by atoms with Gasteiger partial charge in [-0.2, -0.15) is 0 Å². The Hall–Kier alpha value is -3.93. The van der Waals surface area contributed by atoms with Gasteiger partial charge in [-0.3, -0.25) is 14.4 Å². The first-order valence-electron chi connectivity index (χ1n) is 11.2. The maximum atomic E-state index is 13.0. The molecule has 2 aromatic rings. The van der Waals surface area contributed by atoms with Gasteiger partial charge in [-0.25, -0.2) is 9.78 Å². The highest BCUT2D eigenvalue weighted by Crippen LogP contribution is 2.13. The number of carboxylic acid groups (broad SMARTS) is 1. The number of benzene rings is 1. The highest BCUT2D eigenvalue weighted by molar-refractivity contribution is 5.92. The molecule has 12 heteroatoms. The number of carbonyl (C=O) groups is 4. The summed E-state index contributed by atoms with van der Waals surface area (Å²) < 4.78 is 0. The molecule has 8 N–H and O–H groups in total. The Morgan fingerprint density at radius 2 is 1.77 bits per heavy atom. The molecule has 0 spiro atoms. The van der Waals surface area contributed by atoms with Crippen LogP contribution >= 0.6 is 0 Å². The zero-order valence-electron chi connectivity index (χ0n) is 19.7. The summed E-state index contributed by atoms with van der Waals surface area (Å²) in [6.07, 6.45) is 3.76. The van der Waals surface area contributed by atoms with Crippen LogP contribution in [0.25, 0.3) is 0 Å². The predicted molar refractivity (Wildman–Crippen MR) is 126 cm³/mol. The summed E-state index contributed by atoms with van der Waals surface area (Å²) in [4.78, 5) is 56.0. The molecule has 0 bridgehead atoms. The number of phenolic OH excluding ortho intramolecular Hbond substituents is 1. The number of carboxylic acids is 1. The van der Waals surface area contributed by atoms with Crippen LogP contribution in [0.3, 0.4) is 0 Å². The Morgan fingerprint density at radius 1 is 1.09 bits per heavy atom. The van der Waals surface area contributed by atoms with Gasteiger partial charge in [-0.15, -0.1) is 0 Å². The molecule has 0 fully saturated rings. The monoisotopic (exact) mass is 488 g/mol. The summed E-state index contributed by atoms with van der Waals surface area (Å²) in [7, 11) is 0. The van der Waals surface area contributed by atoms with Gasteiger partial charge in [0.2, 0.25) is 17.7 Å². The second-order valence-corrected chi connectivity index (χ2v) is 8.31. The van der Waals surface area contributed by atoms with Crippen LogP contribution in [0.2, 0.25) is 0 Å². The lowest BCUT2D eigenvalue weighted by atomic mass is 9.98. The first-order valence-corrected chi connectivity index (χ1v) is 11.2. The molecule has 3 amide bonds. The lowest BCUT2D eigenvalue weighted by Gasteiger charge is -2.24. The molecule has 4 unspecified atom stereocenters. The van der Waals surface area contributed by atoms with Crippen molar-refractivity contribution in [3.05, 3.63) is 48.0 Å². The molecule has 0 radical (unpaired) electrons. The van der Waals surface area contributed by atoms with Crippen LogP contribution in [-0.2, 0) is 32.0 Å². The van der Waals surface area contributed by atoms with Gasteiger partial charge in [0, 0.05) is 24.7 Å². The van der Waals surface area contributed by atoms with Crippen LogP contribution in [0.5, 0.6) is 5.75 Å². The fourth-order valence-corrected chi connectivity index (χ4v) is 3.28. The molecule has 12 nitrogen and oxygen atoms in total. The van der Waals surface area contributed by atoms with E-state index in [-0.39, 0.29) is 24.5 Å². The fourth-order valence-electron chi connectivity index (χ4n) is 3.28. The molecule has 35 heavy (non-hydrogen) atoms. The Kier molecular flexibility index (Phi) is 10.2. The minimum absolute atomic E-state index is 0.0377. The van der Waals surface area contributed by atoms with Crippen molar-refractivity contribution in [2.45, 2.75) is 51.2 Å². The number of nitrogens with one attached hydrogen (secondary N) is 4. The highest BCUT2D eigenvalue weighted by atomic mass is 16.4. The largest absolute Gasteiger partial charge is 0.508 e. The SMILES string of the molecule is CCC(C)C(NC(=O)C(Cc1ccc(O)cc1)NC(=O)CNC(=O)C(N)Cc1cnc[nH]1)C(=O)O. The molecule has 1 heterocycles. The molecule has 0 saturated carbocycles. The van der Waals surface area contributed by atoms with Crippen LogP contribution in [0.1, 0.15) is 31.5 Å². The molecule has 0 aliphatic carbocycles. The summed E-state index contributed by atoms with van der Waals surface area (Å²) in [5.74, 6) is -3.37. The Labute approximate surface area is 202 Å². The molecular formula is C23H32N6O6. The zero-order chi connectivity index (χ0) is 26.0. The van der Waals surface area contributed by atoms with Gasteiger partial charge in [-0.05, 0) is 23.6 Å². The van der Waals surface area contributed by atoms with Crippen molar-refractivity contribution in [1.82, 2.24) is 25.9 Å².